The smallest absolute Gasteiger partial charge is 0.0457 e. The highest BCUT2D eigenvalue weighted by molar-refractivity contribution is 5.79. The number of terminal acetylenes is 1. The lowest BCUT2D eigenvalue weighted by Gasteiger charge is -1.94. The van der Waals surface area contributed by atoms with Crippen molar-refractivity contribution < 1.29 is 0 Å². The molecular formula is C11H9N. The lowest BCUT2D eigenvalue weighted by Crippen LogP contribution is -1.79. The van der Waals surface area contributed by atoms with Crippen molar-refractivity contribution in [1.29, 1.82) is 0 Å². The largest absolute Gasteiger partial charge is 0.361 e. The number of hydrogen-bond acceptors (Lipinski definition) is 0. The van der Waals surface area contributed by atoms with E-state index in [2.05, 4.69) is 35.2 Å². The van der Waals surface area contributed by atoms with Crippen LogP contribution < -0.4 is 0 Å². The van der Waals surface area contributed by atoms with Crippen LogP contribution in [0.15, 0.2) is 30.5 Å². The standard InChI is InChI=1S/C11H9N/c1-2-3-9-4-5-10-6-7-12-11(10)8-9/h1,4-8,12H,3H2. The number of aromatic nitrogens is 1. The fourth-order valence-electron chi connectivity index (χ4n) is 1.32. The first-order valence-electron chi connectivity index (χ1n) is 3.89. The van der Waals surface area contributed by atoms with Crippen molar-refractivity contribution in [2.24, 2.45) is 0 Å². The summed E-state index contributed by atoms with van der Waals surface area (Å²) in [6.07, 6.45) is 7.86. The minimum absolute atomic E-state index is 0.703. The number of fused-ring (bicyclic) bond motifs is 1. The molecule has 0 atom stereocenters. The van der Waals surface area contributed by atoms with E-state index in [1.54, 1.807) is 0 Å². The Hall–Kier alpha value is -1.68. The second-order valence-corrected chi connectivity index (χ2v) is 2.78. The van der Waals surface area contributed by atoms with Crippen LogP contribution in [0.25, 0.3) is 10.9 Å². The van der Waals surface area contributed by atoms with Gasteiger partial charge in [0, 0.05) is 18.1 Å². The average molecular weight is 155 g/mol. The molecule has 2 aromatic rings. The van der Waals surface area contributed by atoms with Gasteiger partial charge in [0.05, 0.1) is 0 Å². The van der Waals surface area contributed by atoms with E-state index in [1.807, 2.05) is 6.20 Å². The van der Waals surface area contributed by atoms with Crippen LogP contribution in [0.2, 0.25) is 0 Å². The zero-order valence-electron chi connectivity index (χ0n) is 6.67. The first-order chi connectivity index (χ1) is 5.90. The van der Waals surface area contributed by atoms with Gasteiger partial charge < -0.3 is 4.98 Å². The molecule has 1 N–H and O–H groups in total. The topological polar surface area (TPSA) is 15.8 Å². The quantitative estimate of drug-likeness (QED) is 0.608. The molecule has 1 aromatic carbocycles. The average Bonchev–Trinajstić information content (AvgIpc) is 2.51. The summed E-state index contributed by atoms with van der Waals surface area (Å²) >= 11 is 0. The maximum Gasteiger partial charge on any atom is 0.0457 e. The van der Waals surface area contributed by atoms with Crippen molar-refractivity contribution in [3.63, 3.8) is 0 Å². The van der Waals surface area contributed by atoms with Crippen molar-refractivity contribution in [2.45, 2.75) is 6.42 Å². The van der Waals surface area contributed by atoms with Crippen LogP contribution in [-0.2, 0) is 6.42 Å². The number of rotatable bonds is 1. The summed E-state index contributed by atoms with van der Waals surface area (Å²) in [4.78, 5) is 3.15. The van der Waals surface area contributed by atoms with Crippen LogP contribution in [0, 0.1) is 12.3 Å². The molecule has 0 aliphatic heterocycles. The third-order valence-corrected chi connectivity index (χ3v) is 1.93. The molecule has 0 saturated heterocycles. The molecule has 0 amide bonds. The molecule has 12 heavy (non-hydrogen) atoms. The maximum absolute atomic E-state index is 5.22. The Labute approximate surface area is 71.4 Å². The van der Waals surface area contributed by atoms with Crippen molar-refractivity contribution in [1.82, 2.24) is 4.98 Å². The highest BCUT2D eigenvalue weighted by Crippen LogP contribution is 2.13. The fraction of sp³-hybridized carbons (Fsp3) is 0.0909. The van der Waals surface area contributed by atoms with Crippen LogP contribution in [0.3, 0.4) is 0 Å². The van der Waals surface area contributed by atoms with Gasteiger partial charge in [0.15, 0.2) is 0 Å². The van der Waals surface area contributed by atoms with Crippen LogP contribution in [0.5, 0.6) is 0 Å². The first-order valence-corrected chi connectivity index (χ1v) is 3.89. The second kappa shape index (κ2) is 2.75. The molecule has 1 aromatic heterocycles. The van der Waals surface area contributed by atoms with Gasteiger partial charge in [0.1, 0.15) is 0 Å². The molecule has 2 rings (SSSR count). The normalized spacial score (nSPS) is 9.92. The number of nitrogens with one attached hydrogen (secondary N) is 1. The van der Waals surface area contributed by atoms with E-state index in [0.717, 1.165) is 5.52 Å². The molecule has 1 nitrogen and oxygen atoms in total. The fourth-order valence-corrected chi connectivity index (χ4v) is 1.32. The van der Waals surface area contributed by atoms with Gasteiger partial charge in [-0.1, -0.05) is 12.1 Å². The summed E-state index contributed by atoms with van der Waals surface area (Å²) in [5, 5.41) is 1.23. The molecule has 0 aliphatic rings. The van der Waals surface area contributed by atoms with Crippen molar-refractivity contribution in [2.75, 3.05) is 0 Å². The molecular weight excluding hydrogens is 146 g/mol. The Balaban J connectivity index is 2.54. The van der Waals surface area contributed by atoms with Gasteiger partial charge in [-0.25, -0.2) is 0 Å². The van der Waals surface area contributed by atoms with Crippen LogP contribution in [0.1, 0.15) is 5.56 Å². The predicted octanol–water partition coefficient (Wildman–Crippen LogP) is 2.34. The highest BCUT2D eigenvalue weighted by Gasteiger charge is 1.94. The van der Waals surface area contributed by atoms with E-state index >= 15 is 0 Å². The molecule has 0 fully saturated rings. The highest BCUT2D eigenvalue weighted by atomic mass is 14.7. The minimum atomic E-state index is 0.703. The summed E-state index contributed by atoms with van der Waals surface area (Å²) in [5.41, 5.74) is 2.34. The first kappa shape index (κ1) is 7.00. The summed E-state index contributed by atoms with van der Waals surface area (Å²) in [6.45, 7) is 0. The summed E-state index contributed by atoms with van der Waals surface area (Å²) < 4.78 is 0. The predicted molar refractivity (Wildman–Crippen MR) is 50.8 cm³/mol. The Morgan fingerprint density at radius 3 is 3.08 bits per heavy atom. The van der Waals surface area contributed by atoms with Crippen LogP contribution >= 0.6 is 0 Å². The number of hydrogen-bond donors (Lipinski definition) is 1. The third-order valence-electron chi connectivity index (χ3n) is 1.93. The van der Waals surface area contributed by atoms with E-state index in [1.165, 1.54) is 10.9 Å². The zero-order chi connectivity index (χ0) is 8.39. The van der Waals surface area contributed by atoms with E-state index in [9.17, 15) is 0 Å². The second-order valence-electron chi connectivity index (χ2n) is 2.78. The zero-order valence-corrected chi connectivity index (χ0v) is 6.67. The molecule has 0 spiro atoms. The van der Waals surface area contributed by atoms with Gasteiger partial charge in [-0.3, -0.25) is 0 Å². The van der Waals surface area contributed by atoms with E-state index in [0.29, 0.717) is 6.42 Å². The molecule has 1 heterocycles. The van der Waals surface area contributed by atoms with Gasteiger partial charge in [0.25, 0.3) is 0 Å². The minimum Gasteiger partial charge on any atom is -0.361 e. The van der Waals surface area contributed by atoms with Crippen molar-refractivity contribution >= 4 is 10.9 Å². The van der Waals surface area contributed by atoms with Gasteiger partial charge in [0.2, 0.25) is 0 Å². The molecule has 0 bridgehead atoms. The lowest BCUT2D eigenvalue weighted by molar-refractivity contribution is 1.33. The monoisotopic (exact) mass is 155 g/mol. The molecule has 0 unspecified atom stereocenters. The van der Waals surface area contributed by atoms with E-state index in [-0.39, 0.29) is 0 Å². The van der Waals surface area contributed by atoms with E-state index < -0.39 is 0 Å². The SMILES string of the molecule is C#CCc1ccc2cc[nH]c2c1. The molecule has 0 saturated carbocycles. The number of H-pyrrole nitrogens is 1. The Bertz CT molecular complexity index is 431. The van der Waals surface area contributed by atoms with Crippen LogP contribution in [-0.4, -0.2) is 4.98 Å². The van der Waals surface area contributed by atoms with Crippen molar-refractivity contribution in [3.8, 4) is 12.3 Å². The Morgan fingerprint density at radius 1 is 1.33 bits per heavy atom. The molecule has 1 heteroatoms. The lowest BCUT2D eigenvalue weighted by atomic mass is 10.1. The Kier molecular flexibility index (Phi) is 1.60. The molecule has 58 valence electrons. The van der Waals surface area contributed by atoms with Crippen molar-refractivity contribution in [3.05, 3.63) is 36.0 Å². The summed E-state index contributed by atoms with van der Waals surface area (Å²) in [5.74, 6) is 2.63. The maximum atomic E-state index is 5.22. The van der Waals surface area contributed by atoms with Gasteiger partial charge in [-0.15, -0.1) is 12.3 Å². The Morgan fingerprint density at radius 2 is 2.25 bits per heavy atom. The van der Waals surface area contributed by atoms with E-state index in [4.69, 9.17) is 6.42 Å². The molecule has 0 aliphatic carbocycles. The summed E-state index contributed by atoms with van der Waals surface area (Å²) in [7, 11) is 0. The number of benzene rings is 1. The number of aromatic amines is 1. The van der Waals surface area contributed by atoms with Gasteiger partial charge >= 0.3 is 0 Å². The van der Waals surface area contributed by atoms with Gasteiger partial charge in [-0.2, -0.15) is 0 Å². The van der Waals surface area contributed by atoms with Gasteiger partial charge in [-0.05, 0) is 23.1 Å². The van der Waals surface area contributed by atoms with Crippen LogP contribution in [0.4, 0.5) is 0 Å². The third kappa shape index (κ3) is 1.08. The molecule has 0 radical (unpaired) electrons. The summed E-state index contributed by atoms with van der Waals surface area (Å²) in [6, 6.07) is 8.29.